The number of nitrogens with one attached hydrogen (secondary N) is 1. The van der Waals surface area contributed by atoms with Gasteiger partial charge in [0.1, 0.15) is 0 Å². The molecule has 1 amide bonds. The van der Waals surface area contributed by atoms with Crippen LogP contribution in [0.3, 0.4) is 0 Å². The van der Waals surface area contributed by atoms with E-state index in [-0.39, 0.29) is 30.8 Å². The fourth-order valence-corrected chi connectivity index (χ4v) is 2.07. The van der Waals surface area contributed by atoms with Crippen molar-refractivity contribution in [3.63, 3.8) is 0 Å². The summed E-state index contributed by atoms with van der Waals surface area (Å²) in [5.74, 6) is -1.57. The largest absolute Gasteiger partial charge is 0.479 e. The van der Waals surface area contributed by atoms with Crippen LogP contribution in [-0.4, -0.2) is 40.8 Å². The number of carbonyl (C=O) groups excluding carboxylic acids is 1. The van der Waals surface area contributed by atoms with E-state index in [1.54, 1.807) is 0 Å². The Morgan fingerprint density at radius 3 is 2.59 bits per heavy atom. The summed E-state index contributed by atoms with van der Waals surface area (Å²) < 4.78 is 0. The summed E-state index contributed by atoms with van der Waals surface area (Å²) in [6.07, 6.45) is 2.30. The summed E-state index contributed by atoms with van der Waals surface area (Å²) in [5, 5.41) is 20.1. The fraction of sp³-hybridized carbons (Fsp3) is 0.818. The molecule has 2 unspecified atom stereocenters. The lowest BCUT2D eigenvalue weighted by Crippen LogP contribution is -2.44. The third kappa shape index (κ3) is 4.32. The van der Waals surface area contributed by atoms with Crippen molar-refractivity contribution in [1.29, 1.82) is 0 Å². The number of carbonyl (C=O) groups is 2. The lowest BCUT2D eigenvalue weighted by molar-refractivity contribution is -0.147. The zero-order valence-electron chi connectivity index (χ0n) is 9.76. The van der Waals surface area contributed by atoms with Gasteiger partial charge in [-0.15, -0.1) is 0 Å². The molecule has 6 nitrogen and oxygen atoms in total. The maximum Gasteiger partial charge on any atom is 0.332 e. The van der Waals surface area contributed by atoms with Gasteiger partial charge in [0.15, 0.2) is 6.10 Å². The molecule has 0 heterocycles. The summed E-state index contributed by atoms with van der Waals surface area (Å²) in [6.45, 7) is 0.162. The number of hydrogen-bond acceptors (Lipinski definition) is 4. The molecular formula is C11H20N2O4. The number of amides is 1. The molecule has 3 atom stereocenters. The predicted molar refractivity (Wildman–Crippen MR) is 61.2 cm³/mol. The minimum absolute atomic E-state index is 0.0169. The first-order valence-corrected chi connectivity index (χ1v) is 5.96. The Kier molecular flexibility index (Phi) is 5.37. The molecule has 0 aromatic rings. The molecule has 6 heteroatoms. The van der Waals surface area contributed by atoms with Crippen LogP contribution in [0.4, 0.5) is 0 Å². The number of aliphatic hydroxyl groups is 1. The Bertz CT molecular complexity index is 283. The van der Waals surface area contributed by atoms with Crippen molar-refractivity contribution in [3.05, 3.63) is 0 Å². The van der Waals surface area contributed by atoms with Crippen LogP contribution in [0.5, 0.6) is 0 Å². The number of carboxylic acid groups (broad SMARTS) is 1. The van der Waals surface area contributed by atoms with Gasteiger partial charge in [0.25, 0.3) is 0 Å². The van der Waals surface area contributed by atoms with E-state index in [4.69, 9.17) is 15.9 Å². The van der Waals surface area contributed by atoms with Gasteiger partial charge in [0, 0.05) is 19.0 Å². The van der Waals surface area contributed by atoms with Crippen LogP contribution in [-0.2, 0) is 9.59 Å². The smallest absolute Gasteiger partial charge is 0.332 e. The topological polar surface area (TPSA) is 113 Å². The molecule has 0 spiro atoms. The first kappa shape index (κ1) is 13.9. The maximum atomic E-state index is 11.7. The first-order chi connectivity index (χ1) is 8.02. The first-order valence-electron chi connectivity index (χ1n) is 5.96. The molecule has 0 aromatic carbocycles. The lowest BCUT2D eigenvalue weighted by Gasteiger charge is -2.27. The summed E-state index contributed by atoms with van der Waals surface area (Å²) in [5.41, 5.74) is 5.86. The number of aliphatic hydroxyl groups excluding tert-OH is 1. The van der Waals surface area contributed by atoms with Crippen LogP contribution in [0.2, 0.25) is 0 Å². The van der Waals surface area contributed by atoms with Crippen LogP contribution in [0.1, 0.15) is 32.1 Å². The van der Waals surface area contributed by atoms with Gasteiger partial charge in [-0.1, -0.05) is 12.8 Å². The molecule has 0 saturated heterocycles. The van der Waals surface area contributed by atoms with Crippen molar-refractivity contribution in [2.24, 2.45) is 11.7 Å². The second-order valence-electron chi connectivity index (χ2n) is 4.49. The van der Waals surface area contributed by atoms with Crippen LogP contribution in [0.25, 0.3) is 0 Å². The monoisotopic (exact) mass is 244 g/mol. The number of nitrogens with two attached hydrogens (primary N) is 1. The average molecular weight is 244 g/mol. The van der Waals surface area contributed by atoms with Gasteiger partial charge in [0.05, 0.1) is 5.92 Å². The summed E-state index contributed by atoms with van der Waals surface area (Å²) in [7, 11) is 0. The van der Waals surface area contributed by atoms with Gasteiger partial charge in [-0.2, -0.15) is 0 Å². The molecule has 1 saturated carbocycles. The SMILES string of the molecule is NC1CCCCC1C(=O)NCC[C@H](O)C(=O)O. The van der Waals surface area contributed by atoms with Gasteiger partial charge in [-0.3, -0.25) is 4.79 Å². The maximum absolute atomic E-state index is 11.7. The summed E-state index contributed by atoms with van der Waals surface area (Å²) in [6, 6.07) is -0.104. The molecule has 98 valence electrons. The van der Waals surface area contributed by atoms with Crippen molar-refractivity contribution in [1.82, 2.24) is 5.32 Å². The van der Waals surface area contributed by atoms with E-state index in [1.807, 2.05) is 0 Å². The zero-order valence-corrected chi connectivity index (χ0v) is 9.76. The highest BCUT2D eigenvalue weighted by Crippen LogP contribution is 2.22. The van der Waals surface area contributed by atoms with Gasteiger partial charge in [0.2, 0.25) is 5.91 Å². The Hall–Kier alpha value is -1.14. The molecule has 1 aliphatic carbocycles. The van der Waals surface area contributed by atoms with Crippen LogP contribution in [0, 0.1) is 5.92 Å². The fourth-order valence-electron chi connectivity index (χ4n) is 2.07. The van der Waals surface area contributed by atoms with Crippen molar-refractivity contribution in [2.75, 3.05) is 6.54 Å². The Balaban J connectivity index is 2.26. The molecule has 0 radical (unpaired) electrons. The molecule has 0 aliphatic heterocycles. The van der Waals surface area contributed by atoms with Gasteiger partial charge in [-0.25, -0.2) is 4.79 Å². The van der Waals surface area contributed by atoms with Crippen LogP contribution >= 0.6 is 0 Å². The second kappa shape index (κ2) is 6.56. The molecule has 1 rings (SSSR count). The van der Waals surface area contributed by atoms with Crippen molar-refractivity contribution in [2.45, 2.75) is 44.2 Å². The molecule has 1 aliphatic rings. The number of carboxylic acids is 1. The summed E-state index contributed by atoms with van der Waals surface area (Å²) >= 11 is 0. The Labute approximate surface area is 100 Å². The van der Waals surface area contributed by atoms with Crippen molar-refractivity contribution < 1.29 is 19.8 Å². The molecule has 0 bridgehead atoms. The Morgan fingerprint density at radius 2 is 2.00 bits per heavy atom. The van der Waals surface area contributed by atoms with Gasteiger partial charge in [-0.05, 0) is 12.8 Å². The van der Waals surface area contributed by atoms with Gasteiger partial charge >= 0.3 is 5.97 Å². The molecular weight excluding hydrogens is 224 g/mol. The van der Waals surface area contributed by atoms with Crippen LogP contribution < -0.4 is 11.1 Å². The normalized spacial score (nSPS) is 26.2. The summed E-state index contributed by atoms with van der Waals surface area (Å²) in [4.78, 5) is 22.1. The van der Waals surface area contributed by atoms with E-state index in [2.05, 4.69) is 5.32 Å². The number of rotatable bonds is 5. The van der Waals surface area contributed by atoms with E-state index < -0.39 is 12.1 Å². The number of aliphatic carboxylic acids is 1. The molecule has 1 fully saturated rings. The third-order valence-electron chi connectivity index (χ3n) is 3.16. The standard InChI is InChI=1S/C11H20N2O4/c12-8-4-2-1-3-7(8)10(15)13-6-5-9(14)11(16)17/h7-9,14H,1-6,12H2,(H,13,15)(H,16,17)/t7?,8?,9-/m0/s1. The molecule has 0 aromatic heterocycles. The average Bonchev–Trinajstić information content (AvgIpc) is 2.29. The van der Waals surface area contributed by atoms with E-state index >= 15 is 0 Å². The van der Waals surface area contributed by atoms with Crippen LogP contribution in [0.15, 0.2) is 0 Å². The predicted octanol–water partition coefficient (Wildman–Crippen LogP) is -0.544. The van der Waals surface area contributed by atoms with Crippen molar-refractivity contribution in [3.8, 4) is 0 Å². The third-order valence-corrected chi connectivity index (χ3v) is 3.16. The highest BCUT2D eigenvalue weighted by molar-refractivity contribution is 5.79. The zero-order chi connectivity index (χ0) is 12.8. The highest BCUT2D eigenvalue weighted by atomic mass is 16.4. The molecule has 5 N–H and O–H groups in total. The van der Waals surface area contributed by atoms with E-state index in [1.165, 1.54) is 0 Å². The highest BCUT2D eigenvalue weighted by Gasteiger charge is 2.28. The van der Waals surface area contributed by atoms with E-state index in [9.17, 15) is 9.59 Å². The lowest BCUT2D eigenvalue weighted by atomic mass is 9.84. The number of hydrogen-bond donors (Lipinski definition) is 4. The minimum atomic E-state index is -1.42. The van der Waals surface area contributed by atoms with Gasteiger partial charge < -0.3 is 21.3 Å². The second-order valence-corrected chi connectivity index (χ2v) is 4.49. The van der Waals surface area contributed by atoms with Crippen molar-refractivity contribution >= 4 is 11.9 Å². The van der Waals surface area contributed by atoms with E-state index in [0.717, 1.165) is 25.7 Å². The molecule has 17 heavy (non-hydrogen) atoms. The minimum Gasteiger partial charge on any atom is -0.479 e. The Morgan fingerprint density at radius 1 is 1.35 bits per heavy atom. The van der Waals surface area contributed by atoms with E-state index in [0.29, 0.717) is 0 Å². The quantitative estimate of drug-likeness (QED) is 0.518.